The first-order valence-electron chi connectivity index (χ1n) is 5.90. The van der Waals surface area contributed by atoms with Crippen LogP contribution in [-0.2, 0) is 11.2 Å². The number of aryl methyl sites for hydroxylation is 1. The van der Waals surface area contributed by atoms with E-state index in [1.807, 2.05) is 27.7 Å². The first-order valence-corrected chi connectivity index (χ1v) is 5.90. The normalized spacial score (nSPS) is 11.6. The lowest BCUT2D eigenvalue weighted by Gasteiger charge is -2.24. The lowest BCUT2D eigenvalue weighted by Crippen LogP contribution is -2.47. The molecule has 0 spiro atoms. The van der Waals surface area contributed by atoms with E-state index >= 15 is 0 Å². The molecule has 0 atom stereocenters. The number of nitrogens with one attached hydrogen (secondary N) is 1. The summed E-state index contributed by atoms with van der Waals surface area (Å²) < 4.78 is 12.9. The third kappa shape index (κ3) is 3.63. The van der Waals surface area contributed by atoms with Crippen LogP contribution in [0.2, 0.25) is 0 Å². The highest BCUT2D eigenvalue weighted by atomic mass is 19.1. The van der Waals surface area contributed by atoms with Crippen molar-refractivity contribution in [3.05, 3.63) is 35.1 Å². The number of hydrogen-bond donors (Lipinski definition) is 1. The maximum Gasteiger partial charge on any atom is 0.156 e. The number of likely N-dealkylation sites (N-methyl/N-ethyl adjacent to an activating group) is 1. The van der Waals surface area contributed by atoms with Crippen LogP contribution >= 0.6 is 0 Å². The summed E-state index contributed by atoms with van der Waals surface area (Å²) in [4.78, 5) is 12.1. The summed E-state index contributed by atoms with van der Waals surface area (Å²) in [5.74, 6) is -0.140. The Bertz CT molecular complexity index is 413. The second kappa shape index (κ2) is 5.41. The van der Waals surface area contributed by atoms with Crippen molar-refractivity contribution in [3.8, 4) is 0 Å². The van der Waals surface area contributed by atoms with E-state index in [-0.39, 0.29) is 11.6 Å². The molecule has 1 aromatic rings. The van der Waals surface area contributed by atoms with Crippen molar-refractivity contribution in [1.82, 2.24) is 5.32 Å². The monoisotopic (exact) mass is 237 g/mol. The van der Waals surface area contributed by atoms with Crippen molar-refractivity contribution in [3.63, 3.8) is 0 Å². The van der Waals surface area contributed by atoms with Gasteiger partial charge in [0.25, 0.3) is 0 Å². The molecule has 3 heteroatoms. The topological polar surface area (TPSA) is 29.1 Å². The summed E-state index contributed by atoms with van der Waals surface area (Å²) >= 11 is 0. The Kier molecular flexibility index (Phi) is 4.40. The van der Waals surface area contributed by atoms with Crippen LogP contribution < -0.4 is 5.32 Å². The molecule has 0 bridgehead atoms. The van der Waals surface area contributed by atoms with Crippen molar-refractivity contribution in [1.29, 1.82) is 0 Å². The number of hydrogen-bond acceptors (Lipinski definition) is 2. The standard InChI is InChI=1S/C14H20FNO/c1-5-16-14(3,4)13(17)9-11-6-7-12(15)8-10(11)2/h6-8,16H,5,9H2,1-4H3. The minimum absolute atomic E-state index is 0.119. The summed E-state index contributed by atoms with van der Waals surface area (Å²) in [7, 11) is 0. The number of carbonyl (C=O) groups is 1. The summed E-state index contributed by atoms with van der Waals surface area (Å²) in [6.07, 6.45) is 0.339. The van der Waals surface area contributed by atoms with Gasteiger partial charge in [0.1, 0.15) is 5.82 Å². The highest BCUT2D eigenvalue weighted by molar-refractivity contribution is 5.89. The van der Waals surface area contributed by atoms with Crippen LogP contribution in [0.4, 0.5) is 4.39 Å². The van der Waals surface area contributed by atoms with Gasteiger partial charge in [-0.15, -0.1) is 0 Å². The van der Waals surface area contributed by atoms with E-state index in [0.717, 1.165) is 17.7 Å². The molecule has 0 unspecified atom stereocenters. The zero-order valence-corrected chi connectivity index (χ0v) is 10.9. The van der Waals surface area contributed by atoms with Gasteiger partial charge in [-0.3, -0.25) is 4.79 Å². The molecule has 1 aromatic carbocycles. The van der Waals surface area contributed by atoms with Crippen LogP contribution in [0.15, 0.2) is 18.2 Å². The SMILES string of the molecule is CCNC(C)(C)C(=O)Cc1ccc(F)cc1C. The molecule has 0 saturated heterocycles. The number of halogens is 1. The number of carbonyl (C=O) groups excluding carboxylic acids is 1. The molecule has 0 aliphatic heterocycles. The molecule has 2 nitrogen and oxygen atoms in total. The summed E-state index contributed by atoms with van der Waals surface area (Å²) in [5.41, 5.74) is 1.18. The minimum atomic E-state index is -0.532. The molecule has 0 fully saturated rings. The van der Waals surface area contributed by atoms with Gasteiger partial charge in [-0.1, -0.05) is 13.0 Å². The molecule has 0 radical (unpaired) electrons. The molecule has 94 valence electrons. The zero-order chi connectivity index (χ0) is 13.1. The summed E-state index contributed by atoms with van der Waals surface area (Å²) in [6, 6.07) is 4.54. The third-order valence-electron chi connectivity index (χ3n) is 2.97. The number of rotatable bonds is 5. The van der Waals surface area contributed by atoms with E-state index in [4.69, 9.17) is 0 Å². The quantitative estimate of drug-likeness (QED) is 0.853. The minimum Gasteiger partial charge on any atom is -0.306 e. The first kappa shape index (κ1) is 13.8. The van der Waals surface area contributed by atoms with Crippen molar-refractivity contribution < 1.29 is 9.18 Å². The van der Waals surface area contributed by atoms with E-state index in [9.17, 15) is 9.18 Å². The molecular formula is C14H20FNO. The molecule has 0 heterocycles. The Labute approximate surface area is 102 Å². The van der Waals surface area contributed by atoms with Gasteiger partial charge in [-0.2, -0.15) is 0 Å². The molecule has 0 aromatic heterocycles. The second-order valence-corrected chi connectivity index (χ2v) is 4.83. The maximum atomic E-state index is 12.9. The van der Waals surface area contributed by atoms with Gasteiger partial charge in [0, 0.05) is 6.42 Å². The zero-order valence-electron chi connectivity index (χ0n) is 10.9. The largest absolute Gasteiger partial charge is 0.306 e. The Morgan fingerprint density at radius 1 is 1.41 bits per heavy atom. The highest BCUT2D eigenvalue weighted by Crippen LogP contribution is 2.14. The van der Waals surface area contributed by atoms with Gasteiger partial charge in [-0.25, -0.2) is 4.39 Å². The Hall–Kier alpha value is -1.22. The maximum absolute atomic E-state index is 12.9. The van der Waals surface area contributed by atoms with Crippen LogP contribution in [0, 0.1) is 12.7 Å². The van der Waals surface area contributed by atoms with E-state index in [1.54, 1.807) is 6.07 Å². The molecule has 1 rings (SSSR count). The molecule has 0 aliphatic rings. The molecular weight excluding hydrogens is 217 g/mol. The van der Waals surface area contributed by atoms with E-state index in [1.165, 1.54) is 12.1 Å². The van der Waals surface area contributed by atoms with E-state index in [2.05, 4.69) is 5.32 Å². The summed E-state index contributed by atoms with van der Waals surface area (Å²) in [6.45, 7) is 8.29. The van der Waals surface area contributed by atoms with Gasteiger partial charge in [0.05, 0.1) is 5.54 Å². The summed E-state index contributed by atoms with van der Waals surface area (Å²) in [5, 5.41) is 3.15. The van der Waals surface area contributed by atoms with Gasteiger partial charge in [-0.05, 0) is 50.6 Å². The van der Waals surface area contributed by atoms with Gasteiger partial charge < -0.3 is 5.32 Å². The Balaban J connectivity index is 2.81. The molecule has 1 N–H and O–H groups in total. The smallest absolute Gasteiger partial charge is 0.156 e. The molecule has 0 saturated carbocycles. The third-order valence-corrected chi connectivity index (χ3v) is 2.97. The van der Waals surface area contributed by atoms with Crippen molar-refractivity contribution in [2.45, 2.75) is 39.7 Å². The van der Waals surface area contributed by atoms with E-state index in [0.29, 0.717) is 6.42 Å². The Morgan fingerprint density at radius 3 is 2.59 bits per heavy atom. The lowest BCUT2D eigenvalue weighted by atomic mass is 9.92. The van der Waals surface area contributed by atoms with Crippen LogP contribution in [0.5, 0.6) is 0 Å². The fourth-order valence-corrected chi connectivity index (χ4v) is 1.79. The first-order chi connectivity index (χ1) is 7.86. The average molecular weight is 237 g/mol. The van der Waals surface area contributed by atoms with Crippen LogP contribution in [0.3, 0.4) is 0 Å². The van der Waals surface area contributed by atoms with Crippen molar-refractivity contribution in [2.75, 3.05) is 6.54 Å². The van der Waals surface area contributed by atoms with Crippen LogP contribution in [0.25, 0.3) is 0 Å². The average Bonchev–Trinajstić information content (AvgIpc) is 2.22. The fourth-order valence-electron chi connectivity index (χ4n) is 1.79. The molecule has 17 heavy (non-hydrogen) atoms. The van der Waals surface area contributed by atoms with Gasteiger partial charge in [0.2, 0.25) is 0 Å². The molecule has 0 amide bonds. The molecule has 0 aliphatic carbocycles. The van der Waals surface area contributed by atoms with Crippen LogP contribution in [0.1, 0.15) is 31.9 Å². The Morgan fingerprint density at radius 2 is 2.06 bits per heavy atom. The van der Waals surface area contributed by atoms with Crippen molar-refractivity contribution in [2.24, 2.45) is 0 Å². The predicted molar refractivity (Wildman–Crippen MR) is 67.6 cm³/mol. The predicted octanol–water partition coefficient (Wildman–Crippen LogP) is 2.63. The fraction of sp³-hybridized carbons (Fsp3) is 0.500. The highest BCUT2D eigenvalue weighted by Gasteiger charge is 2.26. The number of Topliss-reactive ketones (excluding diaryl/α,β-unsaturated/α-hetero) is 1. The van der Waals surface area contributed by atoms with E-state index < -0.39 is 5.54 Å². The van der Waals surface area contributed by atoms with Gasteiger partial charge in [0.15, 0.2) is 5.78 Å². The van der Waals surface area contributed by atoms with Crippen LogP contribution in [-0.4, -0.2) is 17.9 Å². The number of benzene rings is 1. The number of ketones is 1. The van der Waals surface area contributed by atoms with Gasteiger partial charge >= 0.3 is 0 Å². The lowest BCUT2D eigenvalue weighted by molar-refractivity contribution is -0.123. The second-order valence-electron chi connectivity index (χ2n) is 4.83. The van der Waals surface area contributed by atoms with Crippen molar-refractivity contribution >= 4 is 5.78 Å².